The molecule has 0 spiro atoms. The van der Waals surface area contributed by atoms with Gasteiger partial charge in [0.05, 0.1) is 11.6 Å². The van der Waals surface area contributed by atoms with E-state index < -0.39 is 17.7 Å². The number of rotatable bonds is 8. The van der Waals surface area contributed by atoms with E-state index in [1.54, 1.807) is 53.4 Å². The number of amides is 1. The van der Waals surface area contributed by atoms with Crippen LogP contribution in [0.15, 0.2) is 60.2 Å². The number of Topliss-reactive ketones (excluding diaryl/α,β-unsaturated/α-hetero) is 1. The summed E-state index contributed by atoms with van der Waals surface area (Å²) in [6.07, 6.45) is 0.740. The third-order valence-electron chi connectivity index (χ3n) is 5.54. The van der Waals surface area contributed by atoms with Crippen LogP contribution in [0.1, 0.15) is 37.4 Å². The highest BCUT2D eigenvalue weighted by Crippen LogP contribution is 2.39. The summed E-state index contributed by atoms with van der Waals surface area (Å²) < 4.78 is 0. The Bertz CT molecular complexity index is 921. The Morgan fingerprint density at radius 3 is 2.27 bits per heavy atom. The SMILES string of the molecule is CCN(CC)CCCN1C(=O)C(=O)/C(=C(/O)c2ccccc2)[C@@H]1c1ccc(Cl)cc1. The summed E-state index contributed by atoms with van der Waals surface area (Å²) in [4.78, 5) is 29.7. The molecule has 3 rings (SSSR count). The fourth-order valence-corrected chi connectivity index (χ4v) is 3.98. The van der Waals surface area contributed by atoms with Crippen molar-refractivity contribution in [3.63, 3.8) is 0 Å². The minimum Gasteiger partial charge on any atom is -0.507 e. The zero-order chi connectivity index (χ0) is 21.7. The lowest BCUT2D eigenvalue weighted by Crippen LogP contribution is -2.33. The lowest BCUT2D eigenvalue weighted by atomic mass is 9.95. The predicted octanol–water partition coefficient (Wildman–Crippen LogP) is 4.49. The van der Waals surface area contributed by atoms with Crippen molar-refractivity contribution in [1.29, 1.82) is 0 Å². The van der Waals surface area contributed by atoms with E-state index in [2.05, 4.69) is 18.7 Å². The first-order chi connectivity index (χ1) is 14.5. The Hall–Kier alpha value is -2.63. The Kier molecular flexibility index (Phi) is 7.29. The second-order valence-corrected chi connectivity index (χ2v) is 7.73. The van der Waals surface area contributed by atoms with Crippen LogP contribution in [0, 0.1) is 0 Å². The topological polar surface area (TPSA) is 60.9 Å². The molecule has 0 unspecified atom stereocenters. The molecule has 0 aliphatic carbocycles. The van der Waals surface area contributed by atoms with Crippen molar-refractivity contribution in [2.24, 2.45) is 0 Å². The molecule has 1 atom stereocenters. The van der Waals surface area contributed by atoms with Gasteiger partial charge >= 0.3 is 0 Å². The van der Waals surface area contributed by atoms with Crippen molar-refractivity contribution in [2.75, 3.05) is 26.2 Å². The number of carbonyl (C=O) groups is 2. The van der Waals surface area contributed by atoms with Gasteiger partial charge in [0.1, 0.15) is 5.76 Å². The first-order valence-electron chi connectivity index (χ1n) is 10.3. The van der Waals surface area contributed by atoms with Crippen LogP contribution >= 0.6 is 11.6 Å². The molecule has 0 bridgehead atoms. The summed E-state index contributed by atoms with van der Waals surface area (Å²) >= 11 is 6.04. The molecule has 0 radical (unpaired) electrons. The van der Waals surface area contributed by atoms with Gasteiger partial charge in [0.2, 0.25) is 0 Å². The number of aliphatic hydroxyl groups excluding tert-OH is 1. The number of benzene rings is 2. The van der Waals surface area contributed by atoms with E-state index in [0.717, 1.165) is 31.6 Å². The lowest BCUT2D eigenvalue weighted by Gasteiger charge is -2.26. The van der Waals surface area contributed by atoms with Crippen LogP contribution in [0.2, 0.25) is 5.02 Å². The van der Waals surface area contributed by atoms with Gasteiger partial charge in [-0.15, -0.1) is 0 Å². The molecule has 6 heteroatoms. The summed E-state index contributed by atoms with van der Waals surface area (Å²) in [6.45, 7) is 7.34. The van der Waals surface area contributed by atoms with Crippen LogP contribution in [0.5, 0.6) is 0 Å². The molecule has 1 N–H and O–H groups in total. The number of nitrogens with zero attached hydrogens (tertiary/aromatic N) is 2. The average molecular weight is 427 g/mol. The largest absolute Gasteiger partial charge is 0.507 e. The number of likely N-dealkylation sites (tertiary alicyclic amines) is 1. The van der Waals surface area contributed by atoms with Crippen molar-refractivity contribution in [2.45, 2.75) is 26.3 Å². The summed E-state index contributed by atoms with van der Waals surface area (Å²) in [5, 5.41) is 11.5. The zero-order valence-corrected chi connectivity index (χ0v) is 18.1. The Labute approximate surface area is 182 Å². The monoisotopic (exact) mass is 426 g/mol. The van der Waals surface area contributed by atoms with E-state index in [9.17, 15) is 14.7 Å². The number of hydrogen-bond donors (Lipinski definition) is 1. The van der Waals surface area contributed by atoms with Crippen molar-refractivity contribution < 1.29 is 14.7 Å². The summed E-state index contributed by atoms with van der Waals surface area (Å²) in [6, 6.07) is 15.3. The normalized spacial score (nSPS) is 18.4. The third kappa shape index (κ3) is 4.58. The van der Waals surface area contributed by atoms with Gasteiger partial charge in [-0.2, -0.15) is 0 Å². The molecule has 5 nitrogen and oxygen atoms in total. The van der Waals surface area contributed by atoms with E-state index >= 15 is 0 Å². The number of halogens is 1. The Morgan fingerprint density at radius 2 is 1.67 bits per heavy atom. The molecule has 1 aliphatic rings. The van der Waals surface area contributed by atoms with E-state index in [1.165, 1.54) is 0 Å². The Balaban J connectivity index is 2.00. The molecule has 1 aliphatic heterocycles. The highest BCUT2D eigenvalue weighted by atomic mass is 35.5. The van der Waals surface area contributed by atoms with Crippen molar-refractivity contribution in [1.82, 2.24) is 9.80 Å². The van der Waals surface area contributed by atoms with Gasteiger partial charge in [-0.1, -0.05) is 67.9 Å². The van der Waals surface area contributed by atoms with Gasteiger partial charge in [-0.05, 0) is 43.8 Å². The third-order valence-corrected chi connectivity index (χ3v) is 5.79. The quantitative estimate of drug-likeness (QED) is 0.383. The first-order valence-corrected chi connectivity index (χ1v) is 10.7. The molecule has 1 amide bonds. The van der Waals surface area contributed by atoms with E-state index in [4.69, 9.17) is 11.6 Å². The minimum atomic E-state index is -0.654. The molecule has 2 aromatic rings. The molecule has 1 heterocycles. The fourth-order valence-electron chi connectivity index (χ4n) is 3.86. The van der Waals surface area contributed by atoms with Crippen molar-refractivity contribution in [3.05, 3.63) is 76.3 Å². The standard InChI is InChI=1S/C24H27ClN2O3/c1-3-26(4-2)15-8-16-27-21(17-11-13-19(25)14-12-17)20(23(29)24(27)30)22(28)18-9-6-5-7-10-18/h5-7,9-14,21,28H,3-4,8,15-16H2,1-2H3/b22-20+/t21-/m0/s1. The predicted molar refractivity (Wildman–Crippen MR) is 119 cm³/mol. The molecule has 30 heavy (non-hydrogen) atoms. The minimum absolute atomic E-state index is 0.122. The first kappa shape index (κ1) is 22.1. The van der Waals surface area contributed by atoms with E-state index in [-0.39, 0.29) is 11.3 Å². The van der Waals surface area contributed by atoms with Crippen LogP contribution in [0.25, 0.3) is 5.76 Å². The fraction of sp³-hybridized carbons (Fsp3) is 0.333. The number of carbonyl (C=O) groups excluding carboxylic acids is 2. The number of aliphatic hydroxyl groups is 1. The van der Waals surface area contributed by atoms with Crippen molar-refractivity contribution >= 4 is 29.1 Å². The van der Waals surface area contributed by atoms with Crippen molar-refractivity contribution in [3.8, 4) is 0 Å². The van der Waals surface area contributed by atoms with Crippen LogP contribution < -0.4 is 0 Å². The lowest BCUT2D eigenvalue weighted by molar-refractivity contribution is -0.140. The van der Waals surface area contributed by atoms with E-state index in [0.29, 0.717) is 17.1 Å². The zero-order valence-electron chi connectivity index (χ0n) is 17.3. The summed E-state index contributed by atoms with van der Waals surface area (Å²) in [5.41, 5.74) is 1.38. The van der Waals surface area contributed by atoms with E-state index in [1.807, 2.05) is 6.07 Å². The van der Waals surface area contributed by atoms with Gasteiger partial charge in [-0.25, -0.2) is 0 Å². The van der Waals surface area contributed by atoms with Gasteiger partial charge in [-0.3, -0.25) is 9.59 Å². The number of hydrogen-bond acceptors (Lipinski definition) is 4. The van der Waals surface area contributed by atoms with Gasteiger partial charge in [0.25, 0.3) is 11.7 Å². The molecule has 1 saturated heterocycles. The van der Waals surface area contributed by atoms with Gasteiger partial charge in [0.15, 0.2) is 0 Å². The molecule has 158 valence electrons. The second kappa shape index (κ2) is 9.92. The highest BCUT2D eigenvalue weighted by Gasteiger charge is 2.45. The smallest absolute Gasteiger partial charge is 0.295 e. The summed E-state index contributed by atoms with van der Waals surface area (Å²) in [5.74, 6) is -1.38. The van der Waals surface area contributed by atoms with Gasteiger partial charge < -0.3 is 14.9 Å². The maximum atomic E-state index is 12.9. The maximum Gasteiger partial charge on any atom is 0.295 e. The second-order valence-electron chi connectivity index (χ2n) is 7.29. The van der Waals surface area contributed by atoms with Crippen LogP contribution in [0.3, 0.4) is 0 Å². The molecule has 2 aromatic carbocycles. The molecule has 1 fully saturated rings. The number of ketones is 1. The molecular weight excluding hydrogens is 400 g/mol. The average Bonchev–Trinajstić information content (AvgIpc) is 3.02. The van der Waals surface area contributed by atoms with Crippen LogP contribution in [-0.2, 0) is 9.59 Å². The molecule has 0 aromatic heterocycles. The highest BCUT2D eigenvalue weighted by molar-refractivity contribution is 6.46. The molecular formula is C24H27ClN2O3. The van der Waals surface area contributed by atoms with Crippen LogP contribution in [-0.4, -0.2) is 52.8 Å². The summed E-state index contributed by atoms with van der Waals surface area (Å²) in [7, 11) is 0. The van der Waals surface area contributed by atoms with Gasteiger partial charge in [0, 0.05) is 17.1 Å². The Morgan fingerprint density at radius 1 is 1.03 bits per heavy atom. The van der Waals surface area contributed by atoms with Crippen LogP contribution in [0.4, 0.5) is 0 Å². The molecule has 0 saturated carbocycles. The maximum absolute atomic E-state index is 12.9.